The highest BCUT2D eigenvalue weighted by atomic mass is 15.4. The van der Waals surface area contributed by atoms with Crippen molar-refractivity contribution in [1.29, 1.82) is 0 Å². The Morgan fingerprint density at radius 1 is 1.64 bits per heavy atom. The van der Waals surface area contributed by atoms with Crippen LogP contribution in [0.2, 0.25) is 0 Å². The zero-order valence-corrected chi connectivity index (χ0v) is 7.46. The Kier molecular flexibility index (Phi) is 2.13. The lowest BCUT2D eigenvalue weighted by molar-refractivity contribution is -0.758. The van der Waals surface area contributed by atoms with Crippen molar-refractivity contribution in [3.63, 3.8) is 0 Å². The summed E-state index contributed by atoms with van der Waals surface area (Å²) in [6, 6.07) is 2.17. The van der Waals surface area contributed by atoms with Gasteiger partial charge in [0.2, 0.25) is 5.69 Å². The quantitative estimate of drug-likeness (QED) is 0.442. The number of hydrogen-bond acceptors (Lipinski definition) is 0. The number of aromatic nitrogens is 2. The van der Waals surface area contributed by atoms with E-state index in [4.69, 9.17) is 0 Å². The van der Waals surface area contributed by atoms with E-state index in [0.717, 1.165) is 6.54 Å². The Hall–Kier alpha value is -1.05. The number of hydrogen-bond donors (Lipinski definition) is 0. The van der Waals surface area contributed by atoms with Gasteiger partial charge in [-0.15, -0.1) is 11.3 Å². The predicted octanol–water partition coefficient (Wildman–Crippen LogP) is 1.12. The minimum atomic E-state index is 0.885. The van der Waals surface area contributed by atoms with Crippen molar-refractivity contribution in [2.75, 3.05) is 0 Å². The van der Waals surface area contributed by atoms with Gasteiger partial charge >= 0.3 is 0 Å². The highest BCUT2D eigenvalue weighted by Gasteiger charge is 2.10. The maximum absolute atomic E-state index is 3.71. The van der Waals surface area contributed by atoms with E-state index in [1.54, 1.807) is 0 Å². The van der Waals surface area contributed by atoms with Gasteiger partial charge < -0.3 is 0 Å². The standard InChI is InChI=1S/C9H15N2/c1-5-6-11-9(3)7-8(2)10(11)4/h5,7H,1,6H2,2-4H3/q+1. The van der Waals surface area contributed by atoms with Crippen molar-refractivity contribution in [2.24, 2.45) is 7.05 Å². The highest BCUT2D eigenvalue weighted by Crippen LogP contribution is 1.98. The molecule has 0 aromatic carbocycles. The van der Waals surface area contributed by atoms with E-state index in [1.165, 1.54) is 11.4 Å². The second kappa shape index (κ2) is 2.91. The van der Waals surface area contributed by atoms with Crippen LogP contribution in [-0.2, 0) is 13.6 Å². The lowest BCUT2D eigenvalue weighted by atomic mass is 10.4. The maximum Gasteiger partial charge on any atom is 0.204 e. The Bertz CT molecular complexity index is 271. The molecule has 60 valence electrons. The molecule has 2 nitrogen and oxygen atoms in total. The van der Waals surface area contributed by atoms with E-state index in [2.05, 4.69) is 42.9 Å². The first-order valence-electron chi connectivity index (χ1n) is 3.80. The van der Waals surface area contributed by atoms with E-state index in [1.807, 2.05) is 6.08 Å². The first-order chi connectivity index (χ1) is 5.16. The van der Waals surface area contributed by atoms with Gasteiger partial charge in [-0.1, -0.05) is 6.08 Å². The summed E-state index contributed by atoms with van der Waals surface area (Å²) < 4.78 is 4.32. The fourth-order valence-electron chi connectivity index (χ4n) is 1.29. The maximum atomic E-state index is 3.71. The summed E-state index contributed by atoms with van der Waals surface area (Å²) in [5.74, 6) is 0. The van der Waals surface area contributed by atoms with E-state index in [-0.39, 0.29) is 0 Å². The fourth-order valence-corrected chi connectivity index (χ4v) is 1.29. The van der Waals surface area contributed by atoms with Crippen LogP contribution in [0, 0.1) is 13.8 Å². The molecular weight excluding hydrogens is 136 g/mol. The minimum absolute atomic E-state index is 0.885. The third-order valence-corrected chi connectivity index (χ3v) is 2.00. The first kappa shape index (κ1) is 8.05. The second-order valence-electron chi connectivity index (χ2n) is 2.82. The van der Waals surface area contributed by atoms with Crippen LogP contribution in [0.1, 0.15) is 11.4 Å². The first-order valence-corrected chi connectivity index (χ1v) is 3.80. The molecule has 0 atom stereocenters. The molecule has 0 saturated heterocycles. The summed E-state index contributed by atoms with van der Waals surface area (Å²) in [5, 5.41) is 0. The molecule has 1 aromatic heterocycles. The SMILES string of the molecule is C=CCn1c(C)cc(C)[n+]1C. The Morgan fingerprint density at radius 3 is 2.64 bits per heavy atom. The Balaban J connectivity index is 3.11. The summed E-state index contributed by atoms with van der Waals surface area (Å²) >= 11 is 0. The molecular formula is C9H15N2+. The summed E-state index contributed by atoms with van der Waals surface area (Å²) in [6.07, 6.45) is 1.91. The molecule has 1 rings (SSSR count). The largest absolute Gasteiger partial charge is 0.204 e. The number of rotatable bonds is 2. The van der Waals surface area contributed by atoms with Gasteiger partial charge in [0.05, 0.1) is 12.2 Å². The molecule has 0 saturated carbocycles. The molecule has 1 aromatic rings. The molecule has 0 aliphatic carbocycles. The van der Waals surface area contributed by atoms with E-state index in [0.29, 0.717) is 0 Å². The lowest BCUT2D eigenvalue weighted by Crippen LogP contribution is -2.41. The summed E-state index contributed by atoms with van der Waals surface area (Å²) in [5.41, 5.74) is 2.56. The Labute approximate surface area is 67.7 Å². The summed E-state index contributed by atoms with van der Waals surface area (Å²) in [4.78, 5) is 0. The van der Waals surface area contributed by atoms with E-state index >= 15 is 0 Å². The van der Waals surface area contributed by atoms with Crippen LogP contribution in [0.5, 0.6) is 0 Å². The molecule has 0 aliphatic heterocycles. The van der Waals surface area contributed by atoms with Crippen LogP contribution < -0.4 is 4.68 Å². The van der Waals surface area contributed by atoms with Gasteiger partial charge in [0.15, 0.2) is 7.05 Å². The summed E-state index contributed by atoms with van der Waals surface area (Å²) in [6.45, 7) is 8.81. The molecule has 1 heterocycles. The van der Waals surface area contributed by atoms with Gasteiger partial charge in [-0.3, -0.25) is 0 Å². The second-order valence-corrected chi connectivity index (χ2v) is 2.82. The van der Waals surface area contributed by atoms with Crippen molar-refractivity contribution in [1.82, 2.24) is 4.68 Å². The van der Waals surface area contributed by atoms with Gasteiger partial charge in [0.1, 0.15) is 0 Å². The van der Waals surface area contributed by atoms with Crippen molar-refractivity contribution in [3.8, 4) is 0 Å². The molecule has 0 fully saturated rings. The molecule has 0 radical (unpaired) electrons. The van der Waals surface area contributed by atoms with Crippen LogP contribution >= 0.6 is 0 Å². The normalized spacial score (nSPS) is 10.1. The van der Waals surface area contributed by atoms with Gasteiger partial charge in [-0.25, -0.2) is 0 Å². The zero-order chi connectivity index (χ0) is 8.43. The van der Waals surface area contributed by atoms with Crippen LogP contribution in [0.3, 0.4) is 0 Å². The molecule has 0 unspecified atom stereocenters. The van der Waals surface area contributed by atoms with E-state index in [9.17, 15) is 0 Å². The lowest BCUT2D eigenvalue weighted by Gasteiger charge is -1.97. The molecule has 0 spiro atoms. The predicted molar refractivity (Wildman–Crippen MR) is 45.3 cm³/mol. The van der Waals surface area contributed by atoms with Crippen LogP contribution in [0.15, 0.2) is 18.7 Å². The monoisotopic (exact) mass is 151 g/mol. The average Bonchev–Trinajstić information content (AvgIpc) is 2.17. The van der Waals surface area contributed by atoms with Crippen LogP contribution in [0.4, 0.5) is 0 Å². The molecule has 0 bridgehead atoms. The molecule has 0 aliphatic rings. The third kappa shape index (κ3) is 1.34. The zero-order valence-electron chi connectivity index (χ0n) is 7.46. The van der Waals surface area contributed by atoms with Crippen molar-refractivity contribution in [2.45, 2.75) is 20.4 Å². The van der Waals surface area contributed by atoms with Gasteiger partial charge in [0.25, 0.3) is 0 Å². The molecule has 0 amide bonds. The number of allylic oxidation sites excluding steroid dienone is 1. The van der Waals surface area contributed by atoms with Gasteiger partial charge in [0, 0.05) is 13.0 Å². The van der Waals surface area contributed by atoms with Crippen molar-refractivity contribution < 1.29 is 4.68 Å². The number of aryl methyl sites for hydroxylation is 2. The van der Waals surface area contributed by atoms with Crippen molar-refractivity contribution >= 4 is 0 Å². The van der Waals surface area contributed by atoms with Crippen LogP contribution in [0.25, 0.3) is 0 Å². The minimum Gasteiger partial charge on any atom is -0.154 e. The Morgan fingerprint density at radius 2 is 2.27 bits per heavy atom. The van der Waals surface area contributed by atoms with Gasteiger partial charge in [-0.05, 0) is 6.92 Å². The summed E-state index contributed by atoms with van der Waals surface area (Å²) in [7, 11) is 2.06. The molecule has 11 heavy (non-hydrogen) atoms. The molecule has 0 N–H and O–H groups in total. The molecule has 2 heteroatoms. The van der Waals surface area contributed by atoms with Crippen LogP contribution in [-0.4, -0.2) is 4.68 Å². The highest BCUT2D eigenvalue weighted by molar-refractivity contribution is 5.01. The number of nitrogens with zero attached hydrogens (tertiary/aromatic N) is 2. The topological polar surface area (TPSA) is 8.81 Å². The van der Waals surface area contributed by atoms with E-state index < -0.39 is 0 Å². The third-order valence-electron chi connectivity index (χ3n) is 2.00. The smallest absolute Gasteiger partial charge is 0.154 e. The van der Waals surface area contributed by atoms with Gasteiger partial charge in [-0.2, -0.15) is 4.68 Å². The fraction of sp³-hybridized carbons (Fsp3) is 0.444. The van der Waals surface area contributed by atoms with Crippen molar-refractivity contribution in [3.05, 3.63) is 30.1 Å². The average molecular weight is 151 g/mol.